The highest BCUT2D eigenvalue weighted by Gasteiger charge is 2.63. The van der Waals surface area contributed by atoms with Crippen LogP contribution in [0.25, 0.3) is 0 Å². The van der Waals surface area contributed by atoms with Gasteiger partial charge in [-0.15, -0.1) is 0 Å². The molecule has 0 bridgehead atoms. The summed E-state index contributed by atoms with van der Waals surface area (Å²) in [6.07, 6.45) is 12.4. The van der Waals surface area contributed by atoms with Gasteiger partial charge in [0.25, 0.3) is 0 Å². The van der Waals surface area contributed by atoms with Crippen LogP contribution in [0.3, 0.4) is 0 Å². The van der Waals surface area contributed by atoms with Gasteiger partial charge in [-0.3, -0.25) is 4.79 Å². The molecular formula is C41H64O5Si. The van der Waals surface area contributed by atoms with Crippen LogP contribution in [0.4, 0.5) is 0 Å². The fourth-order valence-corrected chi connectivity index (χ4v) is 12.2. The number of carbonyl (C=O) groups is 1. The van der Waals surface area contributed by atoms with E-state index in [0.717, 1.165) is 37.9 Å². The van der Waals surface area contributed by atoms with Crippen molar-refractivity contribution in [2.45, 2.75) is 155 Å². The quantitative estimate of drug-likeness (QED) is 0.246. The molecule has 0 spiro atoms. The zero-order valence-corrected chi connectivity index (χ0v) is 32.4. The first kappa shape index (κ1) is 35.4. The van der Waals surface area contributed by atoms with Crippen LogP contribution < -0.4 is 4.74 Å². The molecule has 1 aliphatic heterocycles. The second kappa shape index (κ2) is 12.4. The second-order valence-electron chi connectivity index (χ2n) is 18.5. The van der Waals surface area contributed by atoms with E-state index in [1.165, 1.54) is 36.8 Å². The summed E-state index contributed by atoms with van der Waals surface area (Å²) in [5.41, 5.74) is 2.68. The van der Waals surface area contributed by atoms with Gasteiger partial charge in [0.2, 0.25) is 0 Å². The molecule has 0 aromatic heterocycles. The second-order valence-corrected chi connectivity index (χ2v) is 23.3. The number of fused-ring (bicyclic) bond motifs is 7. The Labute approximate surface area is 287 Å². The first-order valence-corrected chi connectivity index (χ1v) is 21.7. The zero-order valence-electron chi connectivity index (χ0n) is 31.4. The minimum Gasteiger partial charge on any atom is -0.496 e. The number of benzene rings is 1. The Morgan fingerprint density at radius 2 is 1.68 bits per heavy atom. The van der Waals surface area contributed by atoms with E-state index in [-0.39, 0.29) is 40.1 Å². The number of allylic oxidation sites excluding steroid dienone is 1. The van der Waals surface area contributed by atoms with Crippen molar-refractivity contribution < 1.29 is 23.4 Å². The first-order chi connectivity index (χ1) is 21.9. The largest absolute Gasteiger partial charge is 0.496 e. The van der Waals surface area contributed by atoms with Crippen molar-refractivity contribution in [1.82, 2.24) is 0 Å². The average Bonchev–Trinajstić information content (AvgIpc) is 3.51. The molecule has 0 N–H and O–H groups in total. The number of carbonyl (C=O) groups excluding carboxylic acids is 1. The molecule has 1 heterocycles. The van der Waals surface area contributed by atoms with E-state index < -0.39 is 14.1 Å². The van der Waals surface area contributed by atoms with Gasteiger partial charge < -0.3 is 18.6 Å². The lowest BCUT2D eigenvalue weighted by molar-refractivity contribution is -0.144. The fraction of sp³-hybridized carbons (Fsp3) is 0.780. The van der Waals surface area contributed by atoms with Crippen LogP contribution in [0.15, 0.2) is 35.9 Å². The van der Waals surface area contributed by atoms with Crippen LogP contribution in [0, 0.1) is 40.4 Å². The number of hydrogen-bond acceptors (Lipinski definition) is 5. The molecule has 3 saturated carbocycles. The molecule has 6 heteroatoms. The van der Waals surface area contributed by atoms with Gasteiger partial charge in [0.1, 0.15) is 11.9 Å². The van der Waals surface area contributed by atoms with E-state index in [1.54, 1.807) is 7.11 Å². The number of methoxy groups -OCH3 is 1. The van der Waals surface area contributed by atoms with Crippen molar-refractivity contribution in [3.05, 3.63) is 41.5 Å². The fourth-order valence-electron chi connectivity index (χ4n) is 10.9. The summed E-state index contributed by atoms with van der Waals surface area (Å²) in [5, 5.41) is 0.143. The predicted molar refractivity (Wildman–Crippen MR) is 192 cm³/mol. The minimum absolute atomic E-state index is 0.0339. The number of rotatable bonds is 9. The van der Waals surface area contributed by atoms with Gasteiger partial charge in [0, 0.05) is 11.5 Å². The van der Waals surface area contributed by atoms with Crippen LogP contribution in [-0.4, -0.2) is 39.2 Å². The van der Waals surface area contributed by atoms with Crippen molar-refractivity contribution in [2.24, 2.45) is 40.4 Å². The Morgan fingerprint density at radius 1 is 0.957 bits per heavy atom. The molecule has 4 aliphatic carbocycles. The molecule has 0 amide bonds. The van der Waals surface area contributed by atoms with E-state index in [0.29, 0.717) is 29.5 Å². The topological polar surface area (TPSA) is 54.0 Å². The Bertz CT molecular complexity index is 1360. The van der Waals surface area contributed by atoms with E-state index in [9.17, 15) is 4.79 Å². The van der Waals surface area contributed by atoms with Gasteiger partial charge in [-0.25, -0.2) is 0 Å². The van der Waals surface area contributed by atoms with E-state index in [1.807, 2.05) is 19.9 Å². The highest BCUT2D eigenvalue weighted by atomic mass is 28.4. The van der Waals surface area contributed by atoms with Gasteiger partial charge in [0.05, 0.1) is 19.3 Å². The lowest BCUT2D eigenvalue weighted by atomic mass is 9.46. The molecule has 262 valence electrons. The van der Waals surface area contributed by atoms with Crippen molar-refractivity contribution in [2.75, 3.05) is 7.11 Å². The number of ketones is 1. The Kier molecular flexibility index (Phi) is 9.32. The Morgan fingerprint density at radius 3 is 2.38 bits per heavy atom. The predicted octanol–water partition coefficient (Wildman–Crippen LogP) is 10.5. The monoisotopic (exact) mass is 664 g/mol. The molecule has 1 unspecified atom stereocenters. The van der Waals surface area contributed by atoms with Crippen molar-refractivity contribution in [1.29, 1.82) is 0 Å². The lowest BCUT2D eigenvalue weighted by Crippen LogP contribution is -2.56. The van der Waals surface area contributed by atoms with Gasteiger partial charge >= 0.3 is 0 Å². The summed E-state index contributed by atoms with van der Waals surface area (Å²) >= 11 is 0. The van der Waals surface area contributed by atoms with Gasteiger partial charge in [-0.2, -0.15) is 0 Å². The minimum atomic E-state index is -1.99. The van der Waals surface area contributed by atoms with E-state index in [4.69, 9.17) is 18.6 Å². The SMILES string of the molecule is COc1ccccc1C(CCC[C@@H](C)[C@H]1CC[C@H]2[C@@H]3C(=O)C=C4[C@H]5OC(C)(C)O[C@H]5CC[C@]4(C)[C@H]3CC[C@]12C)O[Si](C)(C)C(C)(C)C. The molecule has 47 heavy (non-hydrogen) atoms. The number of ether oxygens (including phenoxy) is 3. The highest BCUT2D eigenvalue weighted by molar-refractivity contribution is 6.74. The summed E-state index contributed by atoms with van der Waals surface area (Å²) in [6, 6.07) is 8.44. The van der Waals surface area contributed by atoms with E-state index >= 15 is 0 Å². The maximum Gasteiger partial charge on any atom is 0.192 e. The van der Waals surface area contributed by atoms with Crippen LogP contribution in [0.5, 0.6) is 5.75 Å². The Hall–Kier alpha value is -1.47. The number of para-hydroxylation sites is 1. The average molecular weight is 665 g/mol. The molecule has 10 atom stereocenters. The lowest BCUT2D eigenvalue weighted by Gasteiger charge is -2.58. The van der Waals surface area contributed by atoms with Crippen molar-refractivity contribution >= 4 is 14.1 Å². The highest BCUT2D eigenvalue weighted by Crippen LogP contribution is 2.67. The summed E-state index contributed by atoms with van der Waals surface area (Å²) in [4.78, 5) is 14.2. The number of hydrogen-bond donors (Lipinski definition) is 0. The molecule has 5 nitrogen and oxygen atoms in total. The summed E-state index contributed by atoms with van der Waals surface area (Å²) in [7, 11) is -0.217. The third-order valence-corrected chi connectivity index (χ3v) is 18.9. The van der Waals surface area contributed by atoms with Crippen LogP contribution >= 0.6 is 0 Å². The van der Waals surface area contributed by atoms with Crippen LogP contribution in [-0.2, 0) is 18.7 Å². The molecule has 1 aromatic carbocycles. The molecule has 6 rings (SSSR count). The molecule has 5 aliphatic rings. The van der Waals surface area contributed by atoms with Gasteiger partial charge in [0.15, 0.2) is 19.9 Å². The third-order valence-electron chi connectivity index (χ3n) is 14.4. The molecule has 4 fully saturated rings. The van der Waals surface area contributed by atoms with Gasteiger partial charge in [-0.1, -0.05) is 72.6 Å². The van der Waals surface area contributed by atoms with Crippen LogP contribution in [0.1, 0.15) is 125 Å². The maximum absolute atomic E-state index is 14.2. The van der Waals surface area contributed by atoms with Crippen molar-refractivity contribution in [3.63, 3.8) is 0 Å². The maximum atomic E-state index is 14.2. The summed E-state index contributed by atoms with van der Waals surface area (Å²) < 4.78 is 25.7. The molecule has 1 aromatic rings. The van der Waals surface area contributed by atoms with Crippen LogP contribution in [0.2, 0.25) is 18.1 Å². The Balaban J connectivity index is 1.16. The summed E-state index contributed by atoms with van der Waals surface area (Å²) in [6.45, 7) is 23.2. The zero-order chi connectivity index (χ0) is 34.2. The van der Waals surface area contributed by atoms with Crippen molar-refractivity contribution in [3.8, 4) is 5.75 Å². The normalized spacial score (nSPS) is 37.7. The first-order valence-electron chi connectivity index (χ1n) is 18.8. The van der Waals surface area contributed by atoms with E-state index in [2.05, 4.69) is 78.9 Å². The molecule has 0 radical (unpaired) electrons. The third kappa shape index (κ3) is 6.14. The molecule has 1 saturated heterocycles. The smallest absolute Gasteiger partial charge is 0.192 e. The van der Waals surface area contributed by atoms with Gasteiger partial charge in [-0.05, 0) is 129 Å². The summed E-state index contributed by atoms with van der Waals surface area (Å²) in [5.74, 6) is 3.06. The molecular weight excluding hydrogens is 601 g/mol. The standard InChI is InChI=1S/C41H64O5Si/c1-26(15-14-18-34(46-47(10,11)38(2,3)4)27-16-12-13-17-33(27)43-9)28-19-20-29-36-30(21-23-40(28,29)7)41(8)24-22-35-37(31(41)25-32(36)42)45-39(5,6)44-35/h12-13,16-17,25-26,28-30,34-37H,14-15,18-24H2,1-11H3/t26-,28-,29+,30+,34?,35+,36+,37-,40-,41-/m1/s1.